The maximum Gasteiger partial charge on any atom is 0.191 e. The molecule has 0 heterocycles. The second kappa shape index (κ2) is 9.34. The maximum atomic E-state index is 5.26. The summed E-state index contributed by atoms with van der Waals surface area (Å²) in [7, 11) is 1.70. The van der Waals surface area contributed by atoms with Crippen LogP contribution in [0.4, 0.5) is 0 Å². The number of hydrogen-bond acceptors (Lipinski definition) is 2. The summed E-state index contributed by atoms with van der Waals surface area (Å²) in [5.74, 6) is 1.87. The predicted octanol–water partition coefficient (Wildman–Crippen LogP) is 3.13. The molecule has 0 saturated heterocycles. The Hall–Kier alpha value is -1.71. The smallest absolute Gasteiger partial charge is 0.191 e. The van der Waals surface area contributed by atoms with Crippen molar-refractivity contribution >= 4 is 5.96 Å². The van der Waals surface area contributed by atoms with Crippen LogP contribution >= 0.6 is 0 Å². The first-order valence-corrected chi connectivity index (χ1v) is 8.49. The van der Waals surface area contributed by atoms with Crippen LogP contribution in [0.25, 0.3) is 0 Å². The van der Waals surface area contributed by atoms with E-state index >= 15 is 0 Å². The molecule has 122 valence electrons. The lowest BCUT2D eigenvalue weighted by Crippen LogP contribution is -2.44. The van der Waals surface area contributed by atoms with E-state index in [2.05, 4.69) is 29.7 Å². The van der Waals surface area contributed by atoms with Crippen molar-refractivity contribution in [2.75, 3.05) is 20.2 Å². The molecule has 4 heteroatoms. The Morgan fingerprint density at radius 1 is 1.27 bits per heavy atom. The average molecular weight is 303 g/mol. The molecule has 1 aliphatic rings. The van der Waals surface area contributed by atoms with Crippen LogP contribution in [0.15, 0.2) is 29.3 Å². The van der Waals surface area contributed by atoms with Crippen molar-refractivity contribution in [3.63, 3.8) is 0 Å². The van der Waals surface area contributed by atoms with Gasteiger partial charge in [0, 0.05) is 19.1 Å². The molecule has 0 radical (unpaired) electrons. The summed E-state index contributed by atoms with van der Waals surface area (Å²) in [4.78, 5) is 4.71. The highest BCUT2D eigenvalue weighted by atomic mass is 16.5. The van der Waals surface area contributed by atoms with Crippen LogP contribution in [-0.4, -0.2) is 32.2 Å². The van der Waals surface area contributed by atoms with Gasteiger partial charge in [0.1, 0.15) is 5.75 Å². The Bertz CT molecular complexity index is 467. The first-order valence-electron chi connectivity index (χ1n) is 8.49. The van der Waals surface area contributed by atoms with Gasteiger partial charge in [-0.15, -0.1) is 0 Å². The van der Waals surface area contributed by atoms with Crippen molar-refractivity contribution in [1.29, 1.82) is 0 Å². The van der Waals surface area contributed by atoms with Gasteiger partial charge in [0.2, 0.25) is 0 Å². The van der Waals surface area contributed by atoms with Gasteiger partial charge in [0.05, 0.1) is 7.11 Å². The second-order valence-corrected chi connectivity index (χ2v) is 5.84. The molecular weight excluding hydrogens is 274 g/mol. The number of nitrogens with zero attached hydrogens (tertiary/aromatic N) is 1. The zero-order valence-electron chi connectivity index (χ0n) is 13.9. The third kappa shape index (κ3) is 5.58. The highest BCUT2D eigenvalue weighted by Gasteiger charge is 2.14. The maximum absolute atomic E-state index is 5.26. The molecule has 0 aliphatic heterocycles. The molecule has 0 unspecified atom stereocenters. The Balaban J connectivity index is 1.85. The van der Waals surface area contributed by atoms with Gasteiger partial charge in [-0.3, -0.25) is 4.99 Å². The monoisotopic (exact) mass is 303 g/mol. The molecule has 0 bridgehead atoms. The molecule has 1 aromatic rings. The van der Waals surface area contributed by atoms with E-state index in [-0.39, 0.29) is 0 Å². The van der Waals surface area contributed by atoms with Gasteiger partial charge < -0.3 is 15.4 Å². The Morgan fingerprint density at radius 3 is 2.82 bits per heavy atom. The first-order chi connectivity index (χ1) is 10.8. The fraction of sp³-hybridized carbons (Fsp3) is 0.611. The highest BCUT2D eigenvalue weighted by molar-refractivity contribution is 5.80. The number of aliphatic imine (C=N–C) groups is 1. The summed E-state index contributed by atoms with van der Waals surface area (Å²) in [6, 6.07) is 8.80. The number of rotatable bonds is 6. The molecule has 0 aromatic heterocycles. The summed E-state index contributed by atoms with van der Waals surface area (Å²) in [6.07, 6.45) is 7.50. The van der Waals surface area contributed by atoms with Gasteiger partial charge in [-0.2, -0.15) is 0 Å². The minimum absolute atomic E-state index is 0.586. The predicted molar refractivity (Wildman–Crippen MR) is 92.7 cm³/mol. The fourth-order valence-electron chi connectivity index (χ4n) is 2.89. The molecule has 1 saturated carbocycles. The van der Waals surface area contributed by atoms with Gasteiger partial charge in [-0.1, -0.05) is 31.4 Å². The van der Waals surface area contributed by atoms with Crippen LogP contribution in [0.3, 0.4) is 0 Å². The SMILES string of the molecule is CCNC(=NCCc1cccc(OC)c1)NC1CCCCC1. The van der Waals surface area contributed by atoms with Crippen molar-refractivity contribution in [1.82, 2.24) is 10.6 Å². The van der Waals surface area contributed by atoms with Crippen LogP contribution in [0, 0.1) is 0 Å². The van der Waals surface area contributed by atoms with Crippen molar-refractivity contribution in [2.24, 2.45) is 4.99 Å². The van der Waals surface area contributed by atoms with E-state index in [1.54, 1.807) is 7.11 Å². The standard InChI is InChI=1S/C18H29N3O/c1-3-19-18(21-16-9-5-4-6-10-16)20-13-12-15-8-7-11-17(14-15)22-2/h7-8,11,14,16H,3-6,9-10,12-13H2,1-2H3,(H2,19,20,21). The van der Waals surface area contributed by atoms with Crippen LogP contribution in [0.5, 0.6) is 5.75 Å². The Kier molecular flexibility index (Phi) is 7.07. The van der Waals surface area contributed by atoms with Crippen LogP contribution < -0.4 is 15.4 Å². The molecule has 4 nitrogen and oxygen atoms in total. The van der Waals surface area contributed by atoms with Crippen molar-refractivity contribution < 1.29 is 4.74 Å². The van der Waals surface area contributed by atoms with E-state index < -0.39 is 0 Å². The largest absolute Gasteiger partial charge is 0.497 e. The normalized spacial score (nSPS) is 16.4. The van der Waals surface area contributed by atoms with E-state index in [1.165, 1.54) is 37.7 Å². The van der Waals surface area contributed by atoms with E-state index in [0.717, 1.165) is 31.2 Å². The van der Waals surface area contributed by atoms with E-state index in [0.29, 0.717) is 6.04 Å². The molecule has 0 amide bonds. The van der Waals surface area contributed by atoms with Crippen LogP contribution in [-0.2, 0) is 6.42 Å². The molecule has 2 N–H and O–H groups in total. The third-order valence-corrected chi connectivity index (χ3v) is 4.09. The lowest BCUT2D eigenvalue weighted by molar-refractivity contribution is 0.410. The number of ether oxygens (including phenoxy) is 1. The molecule has 1 aliphatic carbocycles. The molecule has 0 atom stereocenters. The fourth-order valence-corrected chi connectivity index (χ4v) is 2.89. The highest BCUT2D eigenvalue weighted by Crippen LogP contribution is 2.17. The van der Waals surface area contributed by atoms with Crippen molar-refractivity contribution in [3.05, 3.63) is 29.8 Å². The topological polar surface area (TPSA) is 45.7 Å². The van der Waals surface area contributed by atoms with Crippen LogP contribution in [0.1, 0.15) is 44.6 Å². The van der Waals surface area contributed by atoms with Gasteiger partial charge in [-0.05, 0) is 43.9 Å². The Morgan fingerprint density at radius 2 is 2.09 bits per heavy atom. The van der Waals surface area contributed by atoms with Gasteiger partial charge >= 0.3 is 0 Å². The zero-order chi connectivity index (χ0) is 15.6. The van der Waals surface area contributed by atoms with E-state index in [4.69, 9.17) is 9.73 Å². The van der Waals surface area contributed by atoms with E-state index in [1.807, 2.05) is 12.1 Å². The molecule has 1 fully saturated rings. The number of benzene rings is 1. The van der Waals surface area contributed by atoms with Gasteiger partial charge in [0.25, 0.3) is 0 Å². The minimum Gasteiger partial charge on any atom is -0.497 e. The summed E-state index contributed by atoms with van der Waals surface area (Å²) in [5, 5.41) is 6.93. The first kappa shape index (κ1) is 16.7. The molecule has 1 aromatic carbocycles. The third-order valence-electron chi connectivity index (χ3n) is 4.09. The van der Waals surface area contributed by atoms with E-state index in [9.17, 15) is 0 Å². The number of hydrogen-bond donors (Lipinski definition) is 2. The Labute approximate surface area is 134 Å². The van der Waals surface area contributed by atoms with Crippen molar-refractivity contribution in [3.8, 4) is 5.75 Å². The van der Waals surface area contributed by atoms with Crippen LogP contribution in [0.2, 0.25) is 0 Å². The van der Waals surface area contributed by atoms with Crippen molar-refractivity contribution in [2.45, 2.75) is 51.5 Å². The van der Waals surface area contributed by atoms with Gasteiger partial charge in [-0.25, -0.2) is 0 Å². The summed E-state index contributed by atoms with van der Waals surface area (Å²) < 4.78 is 5.26. The molecular formula is C18H29N3O. The second-order valence-electron chi connectivity index (χ2n) is 5.84. The summed E-state index contributed by atoms with van der Waals surface area (Å²) in [6.45, 7) is 3.80. The van der Waals surface area contributed by atoms with Gasteiger partial charge in [0.15, 0.2) is 5.96 Å². The lowest BCUT2D eigenvalue weighted by atomic mass is 9.96. The number of nitrogens with one attached hydrogen (secondary N) is 2. The summed E-state index contributed by atoms with van der Waals surface area (Å²) >= 11 is 0. The molecule has 2 rings (SSSR count). The quantitative estimate of drug-likeness (QED) is 0.627. The molecule has 0 spiro atoms. The number of methoxy groups -OCH3 is 1. The molecule has 22 heavy (non-hydrogen) atoms. The zero-order valence-corrected chi connectivity index (χ0v) is 13.9. The summed E-state index contributed by atoms with van der Waals surface area (Å²) in [5.41, 5.74) is 1.26. The average Bonchev–Trinajstić information content (AvgIpc) is 2.56. The minimum atomic E-state index is 0.586. The number of guanidine groups is 1. The lowest BCUT2D eigenvalue weighted by Gasteiger charge is -2.24.